The van der Waals surface area contributed by atoms with Gasteiger partial charge in [0.25, 0.3) is 5.91 Å². The number of ether oxygens (including phenoxy) is 1. The fraction of sp³-hybridized carbons (Fsp3) is 0.409. The molecule has 2 amide bonds. The van der Waals surface area contributed by atoms with Crippen molar-refractivity contribution in [3.8, 4) is 0 Å². The molecule has 0 saturated carbocycles. The molecule has 3 rings (SSSR count). The largest absolute Gasteiger partial charge is 0.444 e. The predicted octanol–water partition coefficient (Wildman–Crippen LogP) is 4.80. The van der Waals surface area contributed by atoms with Crippen LogP contribution in [0.3, 0.4) is 0 Å². The number of aromatic nitrogens is 1. The molecule has 1 aromatic heterocycles. The van der Waals surface area contributed by atoms with E-state index in [4.69, 9.17) is 4.74 Å². The second kappa shape index (κ2) is 8.42. The Kier molecular flexibility index (Phi) is 5.97. The molecule has 6 heteroatoms. The van der Waals surface area contributed by atoms with E-state index in [0.29, 0.717) is 17.9 Å². The van der Waals surface area contributed by atoms with Crippen LogP contribution in [-0.4, -0.2) is 34.0 Å². The summed E-state index contributed by atoms with van der Waals surface area (Å²) in [6.07, 6.45) is 3.88. The Hall–Kier alpha value is -2.89. The van der Waals surface area contributed by atoms with Crippen molar-refractivity contribution in [3.63, 3.8) is 0 Å². The number of carbonyl (C=O) groups is 2. The van der Waals surface area contributed by atoms with Gasteiger partial charge in [-0.1, -0.05) is 24.3 Å². The third-order valence-electron chi connectivity index (χ3n) is 4.60. The highest BCUT2D eigenvalue weighted by Gasteiger charge is 2.31. The lowest BCUT2D eigenvalue weighted by Crippen LogP contribution is -2.39. The zero-order valence-corrected chi connectivity index (χ0v) is 16.6. The number of piperidine rings is 1. The average molecular weight is 381 g/mol. The van der Waals surface area contributed by atoms with Gasteiger partial charge < -0.3 is 9.64 Å². The quantitative estimate of drug-likeness (QED) is 0.829. The van der Waals surface area contributed by atoms with Crippen LogP contribution >= 0.6 is 0 Å². The van der Waals surface area contributed by atoms with Crippen molar-refractivity contribution >= 4 is 17.8 Å². The van der Waals surface area contributed by atoms with E-state index < -0.39 is 11.7 Å². The van der Waals surface area contributed by atoms with E-state index in [-0.39, 0.29) is 11.9 Å². The van der Waals surface area contributed by atoms with E-state index in [2.05, 4.69) is 10.3 Å². The number of benzene rings is 1. The van der Waals surface area contributed by atoms with Gasteiger partial charge in [0.15, 0.2) is 0 Å². The molecule has 1 atom stereocenters. The topological polar surface area (TPSA) is 71.5 Å². The maximum atomic E-state index is 13.1. The third-order valence-corrected chi connectivity index (χ3v) is 4.60. The van der Waals surface area contributed by atoms with Crippen molar-refractivity contribution < 1.29 is 14.3 Å². The van der Waals surface area contributed by atoms with Gasteiger partial charge in [-0.05, 0) is 58.2 Å². The number of rotatable bonds is 3. The Labute approximate surface area is 165 Å². The molecule has 6 nitrogen and oxygen atoms in total. The zero-order chi connectivity index (χ0) is 20.1. The number of amides is 2. The molecule has 28 heavy (non-hydrogen) atoms. The molecule has 1 aliphatic rings. The number of anilines is 1. The Morgan fingerprint density at radius 1 is 1.11 bits per heavy atom. The predicted molar refractivity (Wildman–Crippen MR) is 108 cm³/mol. The molecule has 0 aliphatic carbocycles. The SMILES string of the molecule is CC(C)(C)OC(=O)Nc1ncccc1[C@@H]1CCCCN1C(=O)c1ccccc1. The number of pyridine rings is 1. The second-order valence-corrected chi connectivity index (χ2v) is 7.94. The molecule has 2 heterocycles. The van der Waals surface area contributed by atoms with E-state index in [1.165, 1.54) is 0 Å². The standard InChI is InChI=1S/C22H27N3O3/c1-22(2,3)28-21(27)24-19-17(12-9-14-23-19)18-13-7-8-15-25(18)20(26)16-10-5-4-6-11-16/h4-6,9-12,14,18H,7-8,13,15H2,1-3H3,(H,23,24,27)/t18-/m0/s1. The highest BCUT2D eigenvalue weighted by atomic mass is 16.6. The molecule has 2 aromatic rings. The minimum atomic E-state index is -0.598. The zero-order valence-electron chi connectivity index (χ0n) is 16.6. The Morgan fingerprint density at radius 3 is 2.57 bits per heavy atom. The van der Waals surface area contributed by atoms with Gasteiger partial charge in [0.05, 0.1) is 6.04 Å². The summed E-state index contributed by atoms with van der Waals surface area (Å²) in [5, 5.41) is 2.75. The van der Waals surface area contributed by atoms with Crippen LogP contribution < -0.4 is 5.32 Å². The minimum Gasteiger partial charge on any atom is -0.444 e. The summed E-state index contributed by atoms with van der Waals surface area (Å²) in [7, 11) is 0. The fourth-order valence-corrected chi connectivity index (χ4v) is 3.44. The van der Waals surface area contributed by atoms with Crippen LogP contribution in [0.2, 0.25) is 0 Å². The molecular formula is C22H27N3O3. The third kappa shape index (κ3) is 4.88. The molecule has 1 aromatic carbocycles. The Morgan fingerprint density at radius 2 is 1.86 bits per heavy atom. The Bertz CT molecular complexity index is 830. The van der Waals surface area contributed by atoms with E-state index in [9.17, 15) is 9.59 Å². The van der Waals surface area contributed by atoms with Crippen molar-refractivity contribution in [2.75, 3.05) is 11.9 Å². The maximum absolute atomic E-state index is 13.1. The lowest BCUT2D eigenvalue weighted by Gasteiger charge is -2.36. The van der Waals surface area contributed by atoms with Gasteiger partial charge in [0.1, 0.15) is 11.4 Å². The molecule has 1 saturated heterocycles. The van der Waals surface area contributed by atoms with E-state index >= 15 is 0 Å². The first-order valence-corrected chi connectivity index (χ1v) is 9.66. The second-order valence-electron chi connectivity index (χ2n) is 7.94. The van der Waals surface area contributed by atoms with Crippen LogP contribution in [0, 0.1) is 0 Å². The fourth-order valence-electron chi connectivity index (χ4n) is 3.44. The van der Waals surface area contributed by atoms with Crippen LogP contribution in [0.1, 0.15) is 62.0 Å². The van der Waals surface area contributed by atoms with Gasteiger partial charge in [0, 0.05) is 23.9 Å². The summed E-state index contributed by atoms with van der Waals surface area (Å²) in [4.78, 5) is 31.6. The summed E-state index contributed by atoms with van der Waals surface area (Å²) < 4.78 is 5.36. The average Bonchev–Trinajstić information content (AvgIpc) is 2.67. The molecule has 0 bridgehead atoms. The maximum Gasteiger partial charge on any atom is 0.413 e. The van der Waals surface area contributed by atoms with Crippen LogP contribution in [0.25, 0.3) is 0 Å². The summed E-state index contributed by atoms with van der Waals surface area (Å²) in [6, 6.07) is 12.9. The molecule has 1 aliphatic heterocycles. The lowest BCUT2D eigenvalue weighted by atomic mass is 9.94. The first-order valence-electron chi connectivity index (χ1n) is 9.66. The summed E-state index contributed by atoms with van der Waals surface area (Å²) in [5.41, 5.74) is 0.899. The van der Waals surface area contributed by atoms with Crippen molar-refractivity contribution in [3.05, 3.63) is 59.8 Å². The first kappa shape index (κ1) is 19.9. The van der Waals surface area contributed by atoms with Gasteiger partial charge in [-0.15, -0.1) is 0 Å². The van der Waals surface area contributed by atoms with Crippen molar-refractivity contribution in [2.24, 2.45) is 0 Å². The normalized spacial score (nSPS) is 17.1. The molecular weight excluding hydrogens is 354 g/mol. The van der Waals surface area contributed by atoms with Crippen molar-refractivity contribution in [1.82, 2.24) is 9.88 Å². The van der Waals surface area contributed by atoms with Crippen molar-refractivity contribution in [1.29, 1.82) is 0 Å². The number of carbonyl (C=O) groups excluding carboxylic acids is 2. The molecule has 0 spiro atoms. The number of nitrogens with zero attached hydrogens (tertiary/aromatic N) is 2. The number of hydrogen-bond donors (Lipinski definition) is 1. The van der Waals surface area contributed by atoms with E-state index in [1.54, 1.807) is 6.20 Å². The van der Waals surface area contributed by atoms with Gasteiger partial charge >= 0.3 is 6.09 Å². The molecule has 0 unspecified atom stereocenters. The highest BCUT2D eigenvalue weighted by molar-refractivity contribution is 5.94. The smallest absolute Gasteiger partial charge is 0.413 e. The number of nitrogens with one attached hydrogen (secondary N) is 1. The van der Waals surface area contributed by atoms with Gasteiger partial charge in [-0.2, -0.15) is 0 Å². The van der Waals surface area contributed by atoms with Crippen LogP contribution in [0.15, 0.2) is 48.7 Å². The Balaban J connectivity index is 1.86. The monoisotopic (exact) mass is 381 g/mol. The summed E-state index contributed by atoms with van der Waals surface area (Å²) >= 11 is 0. The summed E-state index contributed by atoms with van der Waals surface area (Å²) in [5.74, 6) is 0.437. The van der Waals surface area contributed by atoms with Crippen LogP contribution in [-0.2, 0) is 4.74 Å². The highest BCUT2D eigenvalue weighted by Crippen LogP contribution is 2.35. The first-order chi connectivity index (χ1) is 13.3. The number of likely N-dealkylation sites (tertiary alicyclic amines) is 1. The van der Waals surface area contributed by atoms with Gasteiger partial charge in [-0.3, -0.25) is 10.1 Å². The molecule has 0 radical (unpaired) electrons. The van der Waals surface area contributed by atoms with Gasteiger partial charge in [0.2, 0.25) is 0 Å². The summed E-state index contributed by atoms with van der Waals surface area (Å²) in [6.45, 7) is 6.12. The molecule has 1 N–H and O–H groups in total. The van der Waals surface area contributed by atoms with Crippen molar-refractivity contribution in [2.45, 2.75) is 51.7 Å². The lowest BCUT2D eigenvalue weighted by molar-refractivity contribution is 0.0612. The molecule has 1 fully saturated rings. The molecule has 148 valence electrons. The van der Waals surface area contributed by atoms with E-state index in [1.807, 2.05) is 68.1 Å². The van der Waals surface area contributed by atoms with Gasteiger partial charge in [-0.25, -0.2) is 9.78 Å². The van der Waals surface area contributed by atoms with Crippen LogP contribution in [0.5, 0.6) is 0 Å². The minimum absolute atomic E-state index is 0.00243. The number of hydrogen-bond acceptors (Lipinski definition) is 4. The van der Waals surface area contributed by atoms with E-state index in [0.717, 1.165) is 24.8 Å². The van der Waals surface area contributed by atoms with Crippen LogP contribution in [0.4, 0.5) is 10.6 Å².